The number of carbonyl (C=O) groups is 2. The number of benzene rings is 3. The monoisotopic (exact) mass is 645 g/mol. The number of hydrogen-bond acceptors (Lipinski definition) is 3. The Labute approximate surface area is 242 Å². The van der Waals surface area contributed by atoms with E-state index in [0.29, 0.717) is 0 Å². The third-order valence-corrected chi connectivity index (χ3v) is 7.98. The molecule has 0 aromatic heterocycles. The number of nitrogens with two attached hydrogens (primary N) is 1. The van der Waals surface area contributed by atoms with E-state index in [1.54, 1.807) is 0 Å². The number of carbonyl (C=O) groups excluding carboxylic acids is 2. The van der Waals surface area contributed by atoms with Crippen LogP contribution in [0.5, 0.6) is 0 Å². The van der Waals surface area contributed by atoms with Crippen molar-refractivity contribution in [2.45, 2.75) is 16.4 Å². The number of amides is 2. The van der Waals surface area contributed by atoms with Gasteiger partial charge in [0.25, 0.3) is 5.91 Å². The van der Waals surface area contributed by atoms with Crippen LogP contribution in [0.25, 0.3) is 0 Å². The van der Waals surface area contributed by atoms with E-state index in [9.17, 15) is 31.5 Å². The smallest absolute Gasteiger partial charge is 0.394 e. The summed E-state index contributed by atoms with van der Waals surface area (Å²) in [7, 11) is 0. The standard InChI is InChI=1S/C24H13Cl5F5N3O2/c25-12-2-1-9(7-10(12)21(38)37-15-4-3-14(30)20(35)19(15)31)36-22(39)17-16(23(17,28)29)8-5-11(24(32,33)34)18(27)13(26)6-8/h1-7,16-17H,35H2,(H,36,39)(H,37,38). The van der Waals surface area contributed by atoms with Gasteiger partial charge in [-0.3, -0.25) is 9.59 Å². The number of hydrogen-bond donors (Lipinski definition) is 3. The maximum absolute atomic E-state index is 14.2. The molecule has 206 valence electrons. The molecule has 0 radical (unpaired) electrons. The fourth-order valence-corrected chi connectivity index (χ4v) is 5.39. The quantitative estimate of drug-likeness (QED) is 0.148. The van der Waals surface area contributed by atoms with E-state index in [-0.39, 0.29) is 21.8 Å². The van der Waals surface area contributed by atoms with Crippen LogP contribution in [-0.2, 0) is 11.0 Å². The molecule has 2 atom stereocenters. The Bertz CT molecular complexity index is 1520. The van der Waals surface area contributed by atoms with E-state index in [1.807, 2.05) is 0 Å². The number of halogens is 10. The highest BCUT2D eigenvalue weighted by Gasteiger charge is 2.68. The maximum atomic E-state index is 14.2. The highest BCUT2D eigenvalue weighted by atomic mass is 35.5. The van der Waals surface area contributed by atoms with Crippen molar-refractivity contribution in [2.24, 2.45) is 5.92 Å². The van der Waals surface area contributed by atoms with Crippen molar-refractivity contribution in [2.75, 3.05) is 16.4 Å². The molecule has 2 unspecified atom stereocenters. The number of rotatable bonds is 5. The van der Waals surface area contributed by atoms with Crippen molar-refractivity contribution in [3.63, 3.8) is 0 Å². The Balaban J connectivity index is 1.55. The third kappa shape index (κ3) is 5.71. The van der Waals surface area contributed by atoms with Crippen molar-refractivity contribution in [3.8, 4) is 0 Å². The highest BCUT2D eigenvalue weighted by Crippen LogP contribution is 2.66. The van der Waals surface area contributed by atoms with Gasteiger partial charge in [0, 0.05) is 11.6 Å². The molecule has 4 N–H and O–H groups in total. The molecule has 39 heavy (non-hydrogen) atoms. The molecule has 5 nitrogen and oxygen atoms in total. The Kier molecular flexibility index (Phi) is 7.92. The second-order valence-corrected chi connectivity index (χ2v) is 11.1. The van der Waals surface area contributed by atoms with Gasteiger partial charge in [0.2, 0.25) is 5.91 Å². The highest BCUT2D eigenvalue weighted by molar-refractivity contribution is 6.53. The molecule has 1 aliphatic rings. The fraction of sp³-hybridized carbons (Fsp3) is 0.167. The van der Waals surface area contributed by atoms with Crippen LogP contribution >= 0.6 is 58.0 Å². The molecule has 0 aliphatic heterocycles. The largest absolute Gasteiger partial charge is 0.417 e. The van der Waals surface area contributed by atoms with Crippen molar-refractivity contribution >= 4 is 86.9 Å². The molecular formula is C24H13Cl5F5N3O2. The summed E-state index contributed by atoms with van der Waals surface area (Å²) in [6.07, 6.45) is -4.83. The van der Waals surface area contributed by atoms with E-state index in [2.05, 4.69) is 10.6 Å². The van der Waals surface area contributed by atoms with Crippen LogP contribution in [0.4, 0.5) is 39.0 Å². The summed E-state index contributed by atoms with van der Waals surface area (Å²) in [6, 6.07) is 7.42. The van der Waals surface area contributed by atoms with Gasteiger partial charge in [-0.15, -0.1) is 23.2 Å². The molecule has 0 spiro atoms. The Morgan fingerprint density at radius 3 is 2.23 bits per heavy atom. The van der Waals surface area contributed by atoms with Crippen LogP contribution in [0.3, 0.4) is 0 Å². The molecule has 3 aromatic rings. The molecule has 1 fully saturated rings. The molecule has 3 aromatic carbocycles. The Morgan fingerprint density at radius 1 is 0.923 bits per heavy atom. The van der Waals surface area contributed by atoms with Gasteiger partial charge in [0.1, 0.15) is 15.8 Å². The number of alkyl halides is 5. The van der Waals surface area contributed by atoms with Crippen molar-refractivity contribution in [3.05, 3.63) is 85.9 Å². The minimum absolute atomic E-state index is 0.0357. The number of anilines is 3. The first-order valence-electron chi connectivity index (χ1n) is 10.6. The summed E-state index contributed by atoms with van der Waals surface area (Å²) in [6.45, 7) is 0. The molecule has 15 heteroatoms. The Hall–Kier alpha value is -2.50. The van der Waals surface area contributed by atoms with E-state index >= 15 is 0 Å². The predicted octanol–water partition coefficient (Wildman–Crippen LogP) is 8.30. The van der Waals surface area contributed by atoms with Crippen LogP contribution in [0, 0.1) is 17.6 Å². The molecule has 1 saturated carbocycles. The lowest BCUT2D eigenvalue weighted by atomic mass is 10.0. The normalized spacial score (nSPS) is 18.0. The van der Waals surface area contributed by atoms with Gasteiger partial charge >= 0.3 is 6.18 Å². The first kappa shape index (κ1) is 29.5. The summed E-state index contributed by atoms with van der Waals surface area (Å²) in [4.78, 5) is 25.7. The van der Waals surface area contributed by atoms with Gasteiger partial charge in [0.05, 0.1) is 37.8 Å². The van der Waals surface area contributed by atoms with Crippen molar-refractivity contribution in [1.29, 1.82) is 0 Å². The van der Waals surface area contributed by atoms with E-state index in [1.165, 1.54) is 12.1 Å². The second kappa shape index (κ2) is 10.5. The van der Waals surface area contributed by atoms with Crippen LogP contribution in [0.15, 0.2) is 42.5 Å². The van der Waals surface area contributed by atoms with Gasteiger partial charge in [0.15, 0.2) is 5.82 Å². The topological polar surface area (TPSA) is 84.2 Å². The first-order valence-corrected chi connectivity index (χ1v) is 12.5. The summed E-state index contributed by atoms with van der Waals surface area (Å²) in [5.74, 6) is -6.18. The van der Waals surface area contributed by atoms with Crippen molar-refractivity contribution < 1.29 is 31.5 Å². The molecule has 1 aliphatic carbocycles. The average molecular weight is 648 g/mol. The van der Waals surface area contributed by atoms with E-state index < -0.39 is 72.8 Å². The summed E-state index contributed by atoms with van der Waals surface area (Å²) < 4.78 is 66.0. The van der Waals surface area contributed by atoms with Gasteiger partial charge in [-0.2, -0.15) is 13.2 Å². The van der Waals surface area contributed by atoms with Gasteiger partial charge in [-0.1, -0.05) is 34.8 Å². The van der Waals surface area contributed by atoms with E-state index in [4.69, 9.17) is 63.7 Å². The van der Waals surface area contributed by atoms with Gasteiger partial charge in [-0.25, -0.2) is 8.78 Å². The summed E-state index contributed by atoms with van der Waals surface area (Å²) in [5, 5.41) is 3.49. The molecule has 2 amide bonds. The fourth-order valence-electron chi connectivity index (χ4n) is 3.92. The SMILES string of the molecule is Nc1c(F)ccc(NC(=O)c2cc(NC(=O)C3C(c4cc(Cl)c(Cl)c(C(F)(F)F)c4)C3(Cl)Cl)ccc2Cl)c1F. The van der Waals surface area contributed by atoms with Crippen LogP contribution < -0.4 is 16.4 Å². The molecule has 0 bridgehead atoms. The predicted molar refractivity (Wildman–Crippen MR) is 141 cm³/mol. The first-order chi connectivity index (χ1) is 18.0. The number of nitrogens with one attached hydrogen (secondary N) is 2. The lowest BCUT2D eigenvalue weighted by Gasteiger charge is -2.13. The zero-order valence-electron chi connectivity index (χ0n) is 18.9. The third-order valence-electron chi connectivity index (χ3n) is 5.90. The molecule has 0 saturated heterocycles. The summed E-state index contributed by atoms with van der Waals surface area (Å²) in [5.41, 5.74) is 2.64. The minimum Gasteiger partial charge on any atom is -0.394 e. The number of nitrogen functional groups attached to an aromatic ring is 1. The zero-order valence-corrected chi connectivity index (χ0v) is 22.6. The van der Waals surface area contributed by atoms with Gasteiger partial charge in [-0.05, 0) is 48.0 Å². The lowest BCUT2D eigenvalue weighted by Crippen LogP contribution is -2.18. The molecule has 4 rings (SSSR count). The van der Waals surface area contributed by atoms with E-state index in [0.717, 1.165) is 30.3 Å². The maximum Gasteiger partial charge on any atom is 0.417 e. The average Bonchev–Trinajstić information content (AvgIpc) is 3.43. The lowest BCUT2D eigenvalue weighted by molar-refractivity contribution is -0.137. The summed E-state index contributed by atoms with van der Waals surface area (Å²) >= 11 is 30.2. The Morgan fingerprint density at radius 2 is 1.59 bits per heavy atom. The molecule has 0 heterocycles. The van der Waals surface area contributed by atoms with Crippen LogP contribution in [0.2, 0.25) is 15.1 Å². The second-order valence-electron chi connectivity index (χ2n) is 8.45. The zero-order chi connectivity index (χ0) is 29.0. The van der Waals surface area contributed by atoms with Crippen LogP contribution in [-0.4, -0.2) is 16.1 Å². The van der Waals surface area contributed by atoms with Crippen LogP contribution in [0.1, 0.15) is 27.4 Å². The van der Waals surface area contributed by atoms with Crippen molar-refractivity contribution in [1.82, 2.24) is 0 Å². The molecular weight excluding hydrogens is 635 g/mol. The minimum atomic E-state index is -4.83. The van der Waals surface area contributed by atoms with Gasteiger partial charge < -0.3 is 16.4 Å².